The average molecular weight is 479 g/mol. The van der Waals surface area contributed by atoms with Gasteiger partial charge < -0.3 is 14.7 Å². The van der Waals surface area contributed by atoms with Crippen molar-refractivity contribution in [1.29, 1.82) is 0 Å². The highest BCUT2D eigenvalue weighted by Gasteiger charge is 2.45. The van der Waals surface area contributed by atoms with Crippen LogP contribution in [-0.4, -0.2) is 42.0 Å². The van der Waals surface area contributed by atoms with Crippen LogP contribution < -0.4 is 0 Å². The van der Waals surface area contributed by atoms with Gasteiger partial charge in [0.25, 0.3) is 11.7 Å². The van der Waals surface area contributed by atoms with E-state index in [0.29, 0.717) is 35.7 Å². The van der Waals surface area contributed by atoms with Gasteiger partial charge in [0.15, 0.2) is 0 Å². The van der Waals surface area contributed by atoms with E-state index >= 15 is 0 Å². The van der Waals surface area contributed by atoms with E-state index in [2.05, 4.69) is 15.9 Å². The lowest BCUT2D eigenvalue weighted by molar-refractivity contribution is -0.140. The Kier molecular flexibility index (Phi) is 6.77. The minimum atomic E-state index is -0.694. The van der Waals surface area contributed by atoms with Gasteiger partial charge in [0.05, 0.1) is 11.6 Å². The Hall–Kier alpha value is -2.15. The maximum Gasteiger partial charge on any atom is 0.295 e. The molecule has 0 saturated carbocycles. The zero-order valence-electron chi connectivity index (χ0n) is 16.1. The SMILES string of the molecule is COCCCN1C(=O)C(=O)/C(=C(\O)c2ccc(Br)c(C)c2)C1c1ccc(Cl)cc1. The van der Waals surface area contributed by atoms with E-state index in [1.807, 2.05) is 6.92 Å². The molecule has 0 aromatic heterocycles. The molecule has 1 saturated heterocycles. The van der Waals surface area contributed by atoms with Gasteiger partial charge in [-0.15, -0.1) is 0 Å². The maximum absolute atomic E-state index is 12.9. The summed E-state index contributed by atoms with van der Waals surface area (Å²) in [6, 6.07) is 11.5. The van der Waals surface area contributed by atoms with Crippen molar-refractivity contribution in [2.75, 3.05) is 20.3 Å². The molecule has 1 unspecified atom stereocenters. The van der Waals surface area contributed by atoms with Crippen LogP contribution in [0.5, 0.6) is 0 Å². The Labute approximate surface area is 183 Å². The number of aliphatic hydroxyl groups excluding tert-OH is 1. The van der Waals surface area contributed by atoms with Crippen LogP contribution in [0.2, 0.25) is 5.02 Å². The zero-order valence-corrected chi connectivity index (χ0v) is 18.5. The van der Waals surface area contributed by atoms with Gasteiger partial charge in [0.1, 0.15) is 5.76 Å². The molecule has 0 spiro atoms. The highest BCUT2D eigenvalue weighted by atomic mass is 79.9. The van der Waals surface area contributed by atoms with Crippen LogP contribution in [0.1, 0.15) is 29.2 Å². The summed E-state index contributed by atoms with van der Waals surface area (Å²) < 4.78 is 5.97. The van der Waals surface area contributed by atoms with E-state index in [9.17, 15) is 14.7 Å². The number of carbonyl (C=O) groups is 2. The Morgan fingerprint density at radius 1 is 1.21 bits per heavy atom. The molecule has 1 aliphatic rings. The number of Topliss-reactive ketones (excluding diaryl/α,β-unsaturated/α-hetero) is 1. The number of benzene rings is 2. The van der Waals surface area contributed by atoms with Crippen molar-refractivity contribution in [2.24, 2.45) is 0 Å². The molecule has 29 heavy (non-hydrogen) atoms. The summed E-state index contributed by atoms with van der Waals surface area (Å²) in [6.45, 7) is 2.69. The summed E-state index contributed by atoms with van der Waals surface area (Å²) in [5.74, 6) is -1.51. The molecule has 0 radical (unpaired) electrons. The van der Waals surface area contributed by atoms with E-state index in [-0.39, 0.29) is 11.3 Å². The molecule has 7 heteroatoms. The van der Waals surface area contributed by atoms with Gasteiger partial charge in [-0.2, -0.15) is 0 Å². The van der Waals surface area contributed by atoms with Crippen LogP contribution in [0, 0.1) is 6.92 Å². The standard InChI is InChI=1S/C22H21BrClNO4/c1-13-12-15(6-9-17(13)23)20(26)18-19(14-4-7-16(24)8-5-14)25(10-3-11-29-2)22(28)21(18)27/h4-9,12,19,26H,3,10-11H2,1-2H3/b20-18-. The molecule has 0 aliphatic carbocycles. The number of hydrogen-bond acceptors (Lipinski definition) is 4. The van der Waals surface area contributed by atoms with Gasteiger partial charge in [-0.1, -0.05) is 45.7 Å². The number of methoxy groups -OCH3 is 1. The smallest absolute Gasteiger partial charge is 0.295 e. The first-order chi connectivity index (χ1) is 13.8. The third-order valence-electron chi connectivity index (χ3n) is 4.90. The molecule has 1 N–H and O–H groups in total. The predicted octanol–water partition coefficient (Wildman–Crippen LogP) is 4.87. The van der Waals surface area contributed by atoms with Gasteiger partial charge >= 0.3 is 0 Å². The molecular weight excluding hydrogens is 458 g/mol. The van der Waals surface area contributed by atoms with Gasteiger partial charge in [-0.25, -0.2) is 0 Å². The Balaban J connectivity index is 2.13. The van der Waals surface area contributed by atoms with Crippen LogP contribution >= 0.6 is 27.5 Å². The first-order valence-corrected chi connectivity index (χ1v) is 10.3. The second kappa shape index (κ2) is 9.11. The maximum atomic E-state index is 12.9. The lowest BCUT2D eigenvalue weighted by Gasteiger charge is -2.25. The van der Waals surface area contributed by atoms with Gasteiger partial charge in [-0.05, 0) is 48.7 Å². The predicted molar refractivity (Wildman–Crippen MR) is 116 cm³/mol. The number of aliphatic hydroxyl groups is 1. The van der Waals surface area contributed by atoms with E-state index in [1.54, 1.807) is 49.6 Å². The first kappa shape index (κ1) is 21.6. The number of ether oxygens (including phenoxy) is 1. The summed E-state index contributed by atoms with van der Waals surface area (Å²) in [7, 11) is 1.58. The summed E-state index contributed by atoms with van der Waals surface area (Å²) in [6.07, 6.45) is 0.574. The monoisotopic (exact) mass is 477 g/mol. The second-order valence-electron chi connectivity index (χ2n) is 6.85. The number of halogens is 2. The topological polar surface area (TPSA) is 66.8 Å². The fraction of sp³-hybridized carbons (Fsp3) is 0.273. The molecule has 1 atom stereocenters. The Bertz CT molecular complexity index is 971. The summed E-state index contributed by atoms with van der Waals surface area (Å²) in [5.41, 5.74) is 2.18. The average Bonchev–Trinajstić information content (AvgIpc) is 2.95. The largest absolute Gasteiger partial charge is 0.507 e. The number of hydrogen-bond donors (Lipinski definition) is 1. The van der Waals surface area contributed by atoms with E-state index < -0.39 is 17.7 Å². The first-order valence-electron chi connectivity index (χ1n) is 9.14. The minimum Gasteiger partial charge on any atom is -0.507 e. The van der Waals surface area contributed by atoms with Crippen molar-refractivity contribution in [3.63, 3.8) is 0 Å². The fourth-order valence-electron chi connectivity index (χ4n) is 3.43. The zero-order chi connectivity index (χ0) is 21.1. The molecule has 1 heterocycles. The van der Waals surface area contributed by atoms with Crippen LogP contribution in [0.25, 0.3) is 5.76 Å². The minimum absolute atomic E-state index is 0.0801. The highest BCUT2D eigenvalue weighted by Crippen LogP contribution is 2.40. The molecule has 1 aliphatic heterocycles. The number of rotatable bonds is 6. The Morgan fingerprint density at radius 2 is 1.90 bits per heavy atom. The second-order valence-corrected chi connectivity index (χ2v) is 8.15. The van der Waals surface area contributed by atoms with Crippen molar-refractivity contribution < 1.29 is 19.4 Å². The van der Waals surface area contributed by atoms with Crippen molar-refractivity contribution in [2.45, 2.75) is 19.4 Å². The third-order valence-corrected chi connectivity index (χ3v) is 6.05. The van der Waals surface area contributed by atoms with Crippen LogP contribution in [0.3, 0.4) is 0 Å². The van der Waals surface area contributed by atoms with Crippen LogP contribution in [0.15, 0.2) is 52.5 Å². The van der Waals surface area contributed by atoms with Crippen molar-refractivity contribution in [3.05, 3.63) is 74.2 Å². The van der Waals surface area contributed by atoms with E-state index in [0.717, 1.165) is 10.0 Å². The van der Waals surface area contributed by atoms with Gasteiger partial charge in [-0.3, -0.25) is 9.59 Å². The van der Waals surface area contributed by atoms with Crippen molar-refractivity contribution in [1.82, 2.24) is 4.90 Å². The summed E-state index contributed by atoms with van der Waals surface area (Å²) in [5, 5.41) is 11.6. The number of aryl methyl sites for hydroxylation is 1. The number of carbonyl (C=O) groups excluding carboxylic acids is 2. The van der Waals surface area contributed by atoms with Crippen molar-refractivity contribution in [3.8, 4) is 0 Å². The van der Waals surface area contributed by atoms with Crippen LogP contribution in [0.4, 0.5) is 0 Å². The molecule has 152 valence electrons. The highest BCUT2D eigenvalue weighted by molar-refractivity contribution is 9.10. The van der Waals surface area contributed by atoms with E-state index in [1.165, 1.54) is 4.90 Å². The summed E-state index contributed by atoms with van der Waals surface area (Å²) >= 11 is 9.44. The van der Waals surface area contributed by atoms with Gasteiger partial charge in [0.2, 0.25) is 0 Å². The molecule has 5 nitrogen and oxygen atoms in total. The summed E-state index contributed by atoms with van der Waals surface area (Å²) in [4.78, 5) is 27.2. The van der Waals surface area contributed by atoms with E-state index in [4.69, 9.17) is 16.3 Å². The molecular formula is C22H21BrClNO4. The molecule has 1 fully saturated rings. The molecule has 2 aromatic rings. The van der Waals surface area contributed by atoms with Crippen molar-refractivity contribution >= 4 is 45.0 Å². The number of ketones is 1. The lowest BCUT2D eigenvalue weighted by atomic mass is 9.95. The number of amides is 1. The molecule has 0 bridgehead atoms. The Morgan fingerprint density at radius 3 is 2.52 bits per heavy atom. The third kappa shape index (κ3) is 4.39. The molecule has 2 aromatic carbocycles. The molecule has 1 amide bonds. The quantitative estimate of drug-likeness (QED) is 0.278. The van der Waals surface area contributed by atoms with Crippen LogP contribution in [-0.2, 0) is 14.3 Å². The fourth-order valence-corrected chi connectivity index (χ4v) is 3.80. The van der Waals surface area contributed by atoms with Gasteiger partial charge in [0, 0.05) is 35.3 Å². The lowest BCUT2D eigenvalue weighted by Crippen LogP contribution is -2.31. The number of likely N-dealkylation sites (tertiary alicyclic amines) is 1. The number of nitrogens with zero attached hydrogens (tertiary/aromatic N) is 1. The normalized spacial score (nSPS) is 18.5. The molecule has 3 rings (SSSR count).